The van der Waals surface area contributed by atoms with Crippen LogP contribution < -0.4 is 0 Å². The van der Waals surface area contributed by atoms with Crippen LogP contribution in [0.5, 0.6) is 0 Å². The average Bonchev–Trinajstić information content (AvgIpc) is 1.99. The van der Waals surface area contributed by atoms with Gasteiger partial charge in [-0.05, 0) is 6.42 Å². The van der Waals surface area contributed by atoms with E-state index in [9.17, 15) is 5.11 Å². The van der Waals surface area contributed by atoms with Crippen LogP contribution in [0.25, 0.3) is 0 Å². The smallest absolute Gasteiger partial charge is 0.189 e. The molecule has 0 aliphatic carbocycles. The first-order valence-electron chi connectivity index (χ1n) is 4.55. The summed E-state index contributed by atoms with van der Waals surface area (Å²) in [6.45, 7) is 5.28. The van der Waals surface area contributed by atoms with Gasteiger partial charge in [-0.15, -0.1) is 0 Å². The van der Waals surface area contributed by atoms with Crippen LogP contribution in [-0.4, -0.2) is 36.5 Å². The van der Waals surface area contributed by atoms with Crippen molar-refractivity contribution < 1.29 is 9.59 Å². The minimum absolute atomic E-state index is 0.193. The first-order valence-corrected chi connectivity index (χ1v) is 4.55. The lowest BCUT2D eigenvalue weighted by molar-refractivity contribution is -0.937. The molecule has 68 valence electrons. The fourth-order valence-electron chi connectivity index (χ4n) is 1.21. The van der Waals surface area contributed by atoms with Crippen molar-refractivity contribution in [3.8, 4) is 0 Å². The van der Waals surface area contributed by atoms with E-state index in [-0.39, 0.29) is 6.23 Å². The fourth-order valence-corrected chi connectivity index (χ4v) is 1.21. The normalized spacial score (nSPS) is 15.0. The Labute approximate surface area is 70.4 Å². The molecule has 1 atom stereocenters. The van der Waals surface area contributed by atoms with Gasteiger partial charge in [0.1, 0.15) is 0 Å². The molecule has 1 unspecified atom stereocenters. The summed E-state index contributed by atoms with van der Waals surface area (Å²) in [5, 5.41) is 9.58. The van der Waals surface area contributed by atoms with E-state index in [1.54, 1.807) is 0 Å². The van der Waals surface area contributed by atoms with Crippen molar-refractivity contribution in [3.63, 3.8) is 0 Å². The van der Waals surface area contributed by atoms with Gasteiger partial charge >= 0.3 is 0 Å². The van der Waals surface area contributed by atoms with Crippen LogP contribution in [0.3, 0.4) is 0 Å². The highest BCUT2D eigenvalue weighted by molar-refractivity contribution is 4.39. The number of quaternary nitrogens is 1. The standard InChI is InChI=1S/C9H22NO/c1-5-7-8-10(3,4)9(11)6-2/h9,11H,5-8H2,1-4H3/q+1. The molecule has 0 aliphatic heterocycles. The summed E-state index contributed by atoms with van der Waals surface area (Å²) < 4.78 is 0.740. The van der Waals surface area contributed by atoms with Crippen LogP contribution in [0, 0.1) is 0 Å². The maximum atomic E-state index is 9.58. The van der Waals surface area contributed by atoms with Gasteiger partial charge in [0.25, 0.3) is 0 Å². The zero-order valence-corrected chi connectivity index (χ0v) is 8.30. The number of hydrogen-bond acceptors (Lipinski definition) is 1. The lowest BCUT2D eigenvalue weighted by Crippen LogP contribution is -2.49. The number of aliphatic hydroxyl groups excluding tert-OH is 1. The molecule has 2 heteroatoms. The van der Waals surface area contributed by atoms with Gasteiger partial charge in [-0.3, -0.25) is 0 Å². The zero-order chi connectivity index (χ0) is 8.91. The molecule has 0 aromatic heterocycles. The molecule has 0 rings (SSSR count). The Morgan fingerprint density at radius 3 is 2.18 bits per heavy atom. The number of nitrogens with zero attached hydrogens (tertiary/aromatic N) is 1. The van der Waals surface area contributed by atoms with Crippen molar-refractivity contribution in [3.05, 3.63) is 0 Å². The molecule has 0 aromatic rings. The van der Waals surface area contributed by atoms with Crippen LogP contribution in [0.15, 0.2) is 0 Å². The lowest BCUT2D eigenvalue weighted by Gasteiger charge is -2.34. The lowest BCUT2D eigenvalue weighted by atomic mass is 10.2. The predicted octanol–water partition coefficient (Wildman–Crippen LogP) is 1.59. The average molecular weight is 160 g/mol. The Bertz CT molecular complexity index is 102. The zero-order valence-electron chi connectivity index (χ0n) is 8.30. The second kappa shape index (κ2) is 4.73. The maximum absolute atomic E-state index is 9.58. The van der Waals surface area contributed by atoms with Gasteiger partial charge < -0.3 is 9.59 Å². The summed E-state index contributed by atoms with van der Waals surface area (Å²) in [4.78, 5) is 0. The second-order valence-corrected chi connectivity index (χ2v) is 3.74. The van der Waals surface area contributed by atoms with E-state index in [0.717, 1.165) is 17.4 Å². The number of unbranched alkanes of at least 4 members (excludes halogenated alkanes) is 1. The minimum atomic E-state index is -0.193. The molecule has 0 spiro atoms. The van der Waals surface area contributed by atoms with E-state index in [4.69, 9.17) is 0 Å². The molecule has 0 fully saturated rings. The van der Waals surface area contributed by atoms with Crippen molar-refractivity contribution in [1.82, 2.24) is 0 Å². The Morgan fingerprint density at radius 1 is 1.27 bits per heavy atom. The van der Waals surface area contributed by atoms with Crippen molar-refractivity contribution in [2.24, 2.45) is 0 Å². The van der Waals surface area contributed by atoms with E-state index >= 15 is 0 Å². The Hall–Kier alpha value is -0.0800. The van der Waals surface area contributed by atoms with E-state index in [2.05, 4.69) is 21.0 Å². The Balaban J connectivity index is 3.77. The van der Waals surface area contributed by atoms with Gasteiger partial charge in [0.15, 0.2) is 6.23 Å². The van der Waals surface area contributed by atoms with E-state index in [1.807, 2.05) is 6.92 Å². The molecule has 0 amide bonds. The number of aliphatic hydroxyl groups is 1. The topological polar surface area (TPSA) is 20.2 Å². The Kier molecular flexibility index (Phi) is 4.69. The molecule has 1 N–H and O–H groups in total. The van der Waals surface area contributed by atoms with E-state index in [1.165, 1.54) is 12.8 Å². The van der Waals surface area contributed by atoms with Gasteiger partial charge in [0.2, 0.25) is 0 Å². The monoisotopic (exact) mass is 160 g/mol. The summed E-state index contributed by atoms with van der Waals surface area (Å²) in [7, 11) is 4.17. The molecular weight excluding hydrogens is 138 g/mol. The van der Waals surface area contributed by atoms with E-state index < -0.39 is 0 Å². The quantitative estimate of drug-likeness (QED) is 0.478. The third-order valence-electron chi connectivity index (χ3n) is 2.26. The highest BCUT2D eigenvalue weighted by atomic mass is 16.3. The summed E-state index contributed by atoms with van der Waals surface area (Å²) in [6.07, 6.45) is 3.06. The molecule has 0 saturated carbocycles. The minimum Gasteiger partial charge on any atom is -0.345 e. The molecule has 11 heavy (non-hydrogen) atoms. The summed E-state index contributed by atoms with van der Waals surface area (Å²) in [5.74, 6) is 0. The highest BCUT2D eigenvalue weighted by Crippen LogP contribution is 2.09. The summed E-state index contributed by atoms with van der Waals surface area (Å²) in [6, 6.07) is 0. The van der Waals surface area contributed by atoms with Crippen LogP contribution in [0.4, 0.5) is 0 Å². The van der Waals surface area contributed by atoms with Crippen molar-refractivity contribution >= 4 is 0 Å². The third kappa shape index (κ3) is 3.73. The molecular formula is C9H22NO+. The third-order valence-corrected chi connectivity index (χ3v) is 2.26. The molecule has 0 saturated heterocycles. The molecule has 0 radical (unpaired) electrons. The van der Waals surface area contributed by atoms with E-state index in [0.29, 0.717) is 0 Å². The number of hydrogen-bond donors (Lipinski definition) is 1. The maximum Gasteiger partial charge on any atom is 0.189 e. The van der Waals surface area contributed by atoms with Gasteiger partial charge in [-0.2, -0.15) is 0 Å². The first-order chi connectivity index (χ1) is 5.04. The highest BCUT2D eigenvalue weighted by Gasteiger charge is 2.22. The van der Waals surface area contributed by atoms with Gasteiger partial charge in [-0.1, -0.05) is 20.3 Å². The van der Waals surface area contributed by atoms with Crippen molar-refractivity contribution in [1.29, 1.82) is 0 Å². The van der Waals surface area contributed by atoms with Gasteiger partial charge in [0, 0.05) is 6.42 Å². The van der Waals surface area contributed by atoms with Crippen LogP contribution >= 0.6 is 0 Å². The molecule has 2 nitrogen and oxygen atoms in total. The largest absolute Gasteiger partial charge is 0.345 e. The van der Waals surface area contributed by atoms with Crippen LogP contribution in [-0.2, 0) is 0 Å². The summed E-state index contributed by atoms with van der Waals surface area (Å²) in [5.41, 5.74) is 0. The van der Waals surface area contributed by atoms with Crippen molar-refractivity contribution in [2.75, 3.05) is 20.6 Å². The SMILES string of the molecule is CCCC[N+](C)(C)C(O)CC. The summed E-state index contributed by atoms with van der Waals surface area (Å²) >= 11 is 0. The second-order valence-electron chi connectivity index (χ2n) is 3.74. The first kappa shape index (κ1) is 10.9. The van der Waals surface area contributed by atoms with Gasteiger partial charge in [0.05, 0.1) is 20.6 Å². The fraction of sp³-hybridized carbons (Fsp3) is 1.00. The van der Waals surface area contributed by atoms with Crippen LogP contribution in [0.1, 0.15) is 33.1 Å². The predicted molar refractivity (Wildman–Crippen MR) is 48.2 cm³/mol. The molecule has 0 heterocycles. The van der Waals surface area contributed by atoms with Crippen molar-refractivity contribution in [2.45, 2.75) is 39.3 Å². The molecule has 0 aliphatic rings. The van der Waals surface area contributed by atoms with Gasteiger partial charge in [-0.25, -0.2) is 0 Å². The number of rotatable bonds is 5. The molecule has 0 bridgehead atoms. The Morgan fingerprint density at radius 2 is 1.82 bits per heavy atom. The van der Waals surface area contributed by atoms with Crippen LogP contribution in [0.2, 0.25) is 0 Å². The molecule has 0 aromatic carbocycles.